The lowest BCUT2D eigenvalue weighted by atomic mass is 9.99. The molecule has 98 valence electrons. The second-order valence-corrected chi connectivity index (χ2v) is 9.98. The zero-order valence-electron chi connectivity index (χ0n) is 11.8. The van der Waals surface area contributed by atoms with Crippen LogP contribution < -0.4 is 4.43 Å². The van der Waals surface area contributed by atoms with Crippen molar-refractivity contribution in [3.05, 3.63) is 72.3 Å². The highest BCUT2D eigenvalue weighted by Crippen LogP contribution is 2.31. The Morgan fingerprint density at radius 1 is 0.895 bits per heavy atom. The minimum Gasteiger partial charge on any atom is -0.544 e. The predicted molar refractivity (Wildman–Crippen MR) is 85.0 cm³/mol. The van der Waals surface area contributed by atoms with Crippen LogP contribution in [0.1, 0.15) is 11.1 Å². The van der Waals surface area contributed by atoms with E-state index in [1.165, 1.54) is 0 Å². The quantitative estimate of drug-likeness (QED) is 0.712. The van der Waals surface area contributed by atoms with E-state index in [1.807, 2.05) is 36.4 Å². The molecule has 19 heavy (non-hydrogen) atoms. The summed E-state index contributed by atoms with van der Waals surface area (Å²) < 4.78 is 6.15. The van der Waals surface area contributed by atoms with Gasteiger partial charge in [-0.1, -0.05) is 55.1 Å². The van der Waals surface area contributed by atoms with Crippen molar-refractivity contribution in [3.8, 4) is 5.75 Å². The van der Waals surface area contributed by atoms with Crippen molar-refractivity contribution in [1.82, 2.24) is 0 Å². The van der Waals surface area contributed by atoms with E-state index in [4.69, 9.17) is 4.43 Å². The minimum absolute atomic E-state index is 0.940. The molecule has 2 rings (SSSR count). The van der Waals surface area contributed by atoms with Gasteiger partial charge in [-0.05, 0) is 36.8 Å². The Hall–Kier alpha value is -1.80. The van der Waals surface area contributed by atoms with Gasteiger partial charge in [0.2, 0.25) is 8.32 Å². The zero-order valence-corrected chi connectivity index (χ0v) is 12.8. The fourth-order valence-electron chi connectivity index (χ4n) is 1.93. The van der Waals surface area contributed by atoms with Gasteiger partial charge in [-0.3, -0.25) is 0 Å². The first-order valence-electron chi connectivity index (χ1n) is 6.50. The normalized spacial score (nSPS) is 11.1. The monoisotopic (exact) mass is 268 g/mol. The summed E-state index contributed by atoms with van der Waals surface area (Å²) in [7, 11) is -1.62. The Kier molecular flexibility index (Phi) is 3.91. The second kappa shape index (κ2) is 5.45. The first-order valence-corrected chi connectivity index (χ1v) is 9.91. The smallest absolute Gasteiger partial charge is 0.242 e. The lowest BCUT2D eigenvalue weighted by Crippen LogP contribution is -2.29. The van der Waals surface area contributed by atoms with Crippen LogP contribution in [-0.4, -0.2) is 8.32 Å². The molecule has 0 saturated carbocycles. The van der Waals surface area contributed by atoms with Crippen LogP contribution in [-0.2, 0) is 0 Å². The van der Waals surface area contributed by atoms with Crippen LogP contribution >= 0.6 is 0 Å². The van der Waals surface area contributed by atoms with Crippen LogP contribution in [0.5, 0.6) is 5.75 Å². The Balaban J connectivity index is 2.38. The predicted octanol–water partition coefficient (Wildman–Crippen LogP) is 4.96. The molecule has 2 aromatic carbocycles. The molecule has 0 spiro atoms. The molecular weight excluding hydrogens is 248 g/mol. The molecule has 0 aliphatic rings. The summed E-state index contributed by atoms with van der Waals surface area (Å²) in [6, 6.07) is 18.4. The number of para-hydroxylation sites is 1. The van der Waals surface area contributed by atoms with Gasteiger partial charge in [0, 0.05) is 5.56 Å². The maximum Gasteiger partial charge on any atom is 0.242 e. The van der Waals surface area contributed by atoms with Gasteiger partial charge in [0.1, 0.15) is 5.75 Å². The van der Waals surface area contributed by atoms with E-state index in [2.05, 4.69) is 44.4 Å². The standard InChI is InChI=1S/C17H20OSi/c1-14(15-10-6-5-7-11-15)16-12-8-9-13-17(16)18-19(2,3)4/h5-13H,1H2,2-4H3. The van der Waals surface area contributed by atoms with Crippen molar-refractivity contribution < 1.29 is 4.43 Å². The summed E-state index contributed by atoms with van der Waals surface area (Å²) in [6.45, 7) is 10.8. The third kappa shape index (κ3) is 3.58. The third-order valence-corrected chi connectivity index (χ3v) is 3.58. The highest BCUT2D eigenvalue weighted by Gasteiger charge is 2.18. The maximum atomic E-state index is 6.15. The van der Waals surface area contributed by atoms with Gasteiger partial charge in [-0.15, -0.1) is 0 Å². The highest BCUT2D eigenvalue weighted by atomic mass is 28.4. The van der Waals surface area contributed by atoms with Crippen molar-refractivity contribution >= 4 is 13.9 Å². The van der Waals surface area contributed by atoms with Gasteiger partial charge < -0.3 is 4.43 Å². The molecule has 0 atom stereocenters. The first-order chi connectivity index (χ1) is 8.97. The van der Waals surface area contributed by atoms with Crippen molar-refractivity contribution in [1.29, 1.82) is 0 Å². The van der Waals surface area contributed by atoms with E-state index in [9.17, 15) is 0 Å². The van der Waals surface area contributed by atoms with E-state index >= 15 is 0 Å². The van der Waals surface area contributed by atoms with Gasteiger partial charge in [0.05, 0.1) is 0 Å². The molecular formula is C17H20OSi. The Labute approximate surface area is 116 Å². The molecule has 0 unspecified atom stereocenters. The Morgan fingerprint density at radius 2 is 1.47 bits per heavy atom. The lowest BCUT2D eigenvalue weighted by molar-refractivity contribution is 0.556. The van der Waals surface area contributed by atoms with E-state index < -0.39 is 8.32 Å². The summed E-state index contributed by atoms with van der Waals surface area (Å²) >= 11 is 0. The molecule has 0 amide bonds. The maximum absolute atomic E-state index is 6.15. The van der Waals surface area contributed by atoms with Crippen molar-refractivity contribution in [3.63, 3.8) is 0 Å². The Morgan fingerprint density at radius 3 is 2.11 bits per heavy atom. The molecule has 0 radical (unpaired) electrons. The molecule has 1 nitrogen and oxygen atoms in total. The first kappa shape index (κ1) is 13.6. The topological polar surface area (TPSA) is 9.23 Å². The second-order valence-electron chi connectivity index (χ2n) is 5.56. The average Bonchev–Trinajstić information content (AvgIpc) is 2.38. The van der Waals surface area contributed by atoms with Gasteiger partial charge in [0.15, 0.2) is 0 Å². The van der Waals surface area contributed by atoms with Gasteiger partial charge in [-0.2, -0.15) is 0 Å². The fraction of sp³-hybridized carbons (Fsp3) is 0.176. The summed E-state index contributed by atoms with van der Waals surface area (Å²) in [6.07, 6.45) is 0. The molecule has 2 aromatic rings. The summed E-state index contributed by atoms with van der Waals surface area (Å²) in [5, 5.41) is 0. The van der Waals surface area contributed by atoms with Crippen LogP contribution in [0.2, 0.25) is 19.6 Å². The van der Waals surface area contributed by atoms with Crippen molar-refractivity contribution in [2.45, 2.75) is 19.6 Å². The minimum atomic E-state index is -1.62. The SMILES string of the molecule is C=C(c1ccccc1)c1ccccc1O[Si](C)(C)C. The number of benzene rings is 2. The number of hydrogen-bond acceptors (Lipinski definition) is 1. The van der Waals surface area contributed by atoms with E-state index in [0.717, 1.165) is 22.4 Å². The third-order valence-electron chi connectivity index (χ3n) is 2.75. The van der Waals surface area contributed by atoms with Gasteiger partial charge in [-0.25, -0.2) is 0 Å². The van der Waals surface area contributed by atoms with Crippen molar-refractivity contribution in [2.24, 2.45) is 0 Å². The van der Waals surface area contributed by atoms with Crippen LogP contribution in [0.15, 0.2) is 61.2 Å². The molecule has 0 aliphatic carbocycles. The number of rotatable bonds is 4. The average molecular weight is 268 g/mol. The molecule has 0 aliphatic heterocycles. The molecule has 0 aromatic heterocycles. The molecule has 0 saturated heterocycles. The summed E-state index contributed by atoms with van der Waals surface area (Å²) in [5.41, 5.74) is 3.22. The summed E-state index contributed by atoms with van der Waals surface area (Å²) in [4.78, 5) is 0. The highest BCUT2D eigenvalue weighted by molar-refractivity contribution is 6.70. The molecule has 0 heterocycles. The molecule has 0 fully saturated rings. The van der Waals surface area contributed by atoms with E-state index in [0.29, 0.717) is 0 Å². The fourth-order valence-corrected chi connectivity index (χ4v) is 2.77. The molecule has 2 heteroatoms. The van der Waals surface area contributed by atoms with Gasteiger partial charge >= 0.3 is 0 Å². The zero-order chi connectivity index (χ0) is 13.9. The van der Waals surface area contributed by atoms with Crippen molar-refractivity contribution in [2.75, 3.05) is 0 Å². The van der Waals surface area contributed by atoms with E-state index in [1.54, 1.807) is 0 Å². The van der Waals surface area contributed by atoms with Crippen LogP contribution in [0, 0.1) is 0 Å². The lowest BCUT2D eigenvalue weighted by Gasteiger charge is -2.22. The largest absolute Gasteiger partial charge is 0.544 e. The number of hydrogen-bond donors (Lipinski definition) is 0. The summed E-state index contributed by atoms with van der Waals surface area (Å²) in [5.74, 6) is 0.940. The van der Waals surface area contributed by atoms with Crippen LogP contribution in [0.4, 0.5) is 0 Å². The van der Waals surface area contributed by atoms with Crippen LogP contribution in [0.25, 0.3) is 5.57 Å². The Bertz CT molecular complexity index is 567. The molecule has 0 bridgehead atoms. The van der Waals surface area contributed by atoms with E-state index in [-0.39, 0.29) is 0 Å². The van der Waals surface area contributed by atoms with Gasteiger partial charge in [0.25, 0.3) is 0 Å². The van der Waals surface area contributed by atoms with Crippen LogP contribution in [0.3, 0.4) is 0 Å². The molecule has 0 N–H and O–H groups in total.